The molecule has 0 N–H and O–H groups in total. The molecule has 0 aromatic heterocycles. The zero-order chi connectivity index (χ0) is 12.3. The lowest BCUT2D eigenvalue weighted by Crippen LogP contribution is -2.33. The number of halogens is 1. The Bertz CT molecular complexity index is 388. The molecular formula is C14H18ClNO. The van der Waals surface area contributed by atoms with Gasteiger partial charge in [-0.15, -0.1) is 0 Å². The van der Waals surface area contributed by atoms with Crippen molar-refractivity contribution in [3.8, 4) is 0 Å². The Balaban J connectivity index is 1.94. The monoisotopic (exact) mass is 251 g/mol. The summed E-state index contributed by atoms with van der Waals surface area (Å²) in [6.07, 6.45) is 3.03. The number of hydrogen-bond acceptors (Lipinski definition) is 2. The fourth-order valence-electron chi connectivity index (χ4n) is 2.46. The molecular weight excluding hydrogens is 234 g/mol. The second kappa shape index (κ2) is 5.65. The fraction of sp³-hybridized carbons (Fsp3) is 0.500. The topological polar surface area (TPSA) is 20.3 Å². The lowest BCUT2D eigenvalue weighted by molar-refractivity contribution is 0.0930. The molecule has 1 aliphatic rings. The van der Waals surface area contributed by atoms with Gasteiger partial charge in [0.25, 0.3) is 0 Å². The van der Waals surface area contributed by atoms with Crippen LogP contribution in [0.4, 0.5) is 0 Å². The second-order valence-electron chi connectivity index (χ2n) is 4.90. The molecule has 2 rings (SSSR count). The van der Waals surface area contributed by atoms with Gasteiger partial charge >= 0.3 is 0 Å². The van der Waals surface area contributed by atoms with Crippen molar-refractivity contribution < 1.29 is 4.79 Å². The lowest BCUT2D eigenvalue weighted by Gasteiger charge is -2.29. The van der Waals surface area contributed by atoms with Crippen LogP contribution in [0.3, 0.4) is 0 Å². The van der Waals surface area contributed by atoms with Crippen molar-refractivity contribution >= 4 is 17.4 Å². The highest BCUT2D eigenvalue weighted by Crippen LogP contribution is 2.21. The van der Waals surface area contributed by atoms with Crippen molar-refractivity contribution in [1.29, 1.82) is 0 Å². The fourth-order valence-corrected chi connectivity index (χ4v) is 2.58. The highest BCUT2D eigenvalue weighted by Gasteiger charge is 2.20. The van der Waals surface area contributed by atoms with Gasteiger partial charge in [0.2, 0.25) is 0 Å². The van der Waals surface area contributed by atoms with Crippen LogP contribution in [0, 0.1) is 5.92 Å². The predicted molar refractivity (Wildman–Crippen MR) is 70.6 cm³/mol. The van der Waals surface area contributed by atoms with Crippen LogP contribution < -0.4 is 0 Å². The number of Topliss-reactive ketones (excluding diaryl/α,β-unsaturated/α-hetero) is 1. The molecule has 1 unspecified atom stereocenters. The second-order valence-corrected chi connectivity index (χ2v) is 5.34. The molecule has 3 heteroatoms. The zero-order valence-corrected chi connectivity index (χ0v) is 10.9. The number of nitrogens with zero attached hydrogens (tertiary/aromatic N) is 1. The number of piperidine rings is 1. The van der Waals surface area contributed by atoms with Gasteiger partial charge in [0, 0.05) is 23.6 Å². The number of benzene rings is 1. The van der Waals surface area contributed by atoms with Gasteiger partial charge in [0.05, 0.1) is 0 Å². The van der Waals surface area contributed by atoms with E-state index in [-0.39, 0.29) is 5.78 Å². The van der Waals surface area contributed by atoms with E-state index in [9.17, 15) is 4.79 Å². The zero-order valence-electron chi connectivity index (χ0n) is 10.2. The summed E-state index contributed by atoms with van der Waals surface area (Å²) in [4.78, 5) is 14.4. The summed E-state index contributed by atoms with van der Waals surface area (Å²) < 4.78 is 0. The molecule has 1 atom stereocenters. The van der Waals surface area contributed by atoms with Gasteiger partial charge in [-0.3, -0.25) is 4.79 Å². The quantitative estimate of drug-likeness (QED) is 0.769. The summed E-state index contributed by atoms with van der Waals surface area (Å²) in [5, 5.41) is 0.680. The van der Waals surface area contributed by atoms with Crippen molar-refractivity contribution in [2.75, 3.05) is 20.1 Å². The van der Waals surface area contributed by atoms with Gasteiger partial charge < -0.3 is 4.90 Å². The van der Waals surface area contributed by atoms with Crippen molar-refractivity contribution in [2.24, 2.45) is 5.92 Å². The molecule has 1 saturated heterocycles. The third-order valence-electron chi connectivity index (χ3n) is 3.36. The maximum atomic E-state index is 12.1. The molecule has 1 aliphatic heterocycles. The number of carbonyl (C=O) groups is 1. The van der Waals surface area contributed by atoms with E-state index in [0.717, 1.165) is 18.7 Å². The SMILES string of the molecule is CN1CCCC(CC(=O)c2ccc(Cl)cc2)C1. The van der Waals surface area contributed by atoms with Crippen LogP contribution >= 0.6 is 11.6 Å². The van der Waals surface area contributed by atoms with E-state index in [1.54, 1.807) is 12.1 Å². The Labute approximate surface area is 108 Å². The molecule has 0 amide bonds. The third-order valence-corrected chi connectivity index (χ3v) is 3.61. The van der Waals surface area contributed by atoms with Crippen LogP contribution in [0.25, 0.3) is 0 Å². The largest absolute Gasteiger partial charge is 0.306 e. The first kappa shape index (κ1) is 12.6. The van der Waals surface area contributed by atoms with Crippen molar-refractivity contribution in [2.45, 2.75) is 19.3 Å². The molecule has 0 saturated carbocycles. The predicted octanol–water partition coefficient (Wildman–Crippen LogP) is 3.25. The molecule has 1 fully saturated rings. The van der Waals surface area contributed by atoms with Gasteiger partial charge in [0.1, 0.15) is 0 Å². The standard InChI is InChI=1S/C14H18ClNO/c1-16-8-2-3-11(10-16)9-14(17)12-4-6-13(15)7-5-12/h4-7,11H,2-3,8-10H2,1H3. The number of likely N-dealkylation sites (tertiary alicyclic amines) is 1. The summed E-state index contributed by atoms with van der Waals surface area (Å²) in [5.74, 6) is 0.749. The summed E-state index contributed by atoms with van der Waals surface area (Å²) in [7, 11) is 2.12. The molecule has 0 spiro atoms. The number of hydrogen-bond donors (Lipinski definition) is 0. The highest BCUT2D eigenvalue weighted by atomic mass is 35.5. The van der Waals surface area contributed by atoms with E-state index < -0.39 is 0 Å². The molecule has 17 heavy (non-hydrogen) atoms. The van der Waals surface area contributed by atoms with Crippen molar-refractivity contribution in [1.82, 2.24) is 4.90 Å². The summed E-state index contributed by atoms with van der Waals surface area (Å²) in [5.41, 5.74) is 0.780. The summed E-state index contributed by atoms with van der Waals surface area (Å²) >= 11 is 5.81. The minimum Gasteiger partial charge on any atom is -0.306 e. The first-order chi connectivity index (χ1) is 8.15. The molecule has 2 nitrogen and oxygen atoms in total. The third kappa shape index (κ3) is 3.55. The Hall–Kier alpha value is -0.860. The van der Waals surface area contributed by atoms with E-state index >= 15 is 0 Å². The molecule has 0 aliphatic carbocycles. The maximum Gasteiger partial charge on any atom is 0.163 e. The van der Waals surface area contributed by atoms with E-state index in [4.69, 9.17) is 11.6 Å². The summed E-state index contributed by atoms with van der Waals surface area (Å²) in [6.45, 7) is 2.20. The molecule has 1 aromatic carbocycles. The van der Waals surface area contributed by atoms with E-state index in [1.807, 2.05) is 12.1 Å². The maximum absolute atomic E-state index is 12.1. The average molecular weight is 252 g/mol. The molecule has 92 valence electrons. The lowest BCUT2D eigenvalue weighted by atomic mass is 9.91. The van der Waals surface area contributed by atoms with Crippen LogP contribution in [0.2, 0.25) is 5.02 Å². The van der Waals surface area contributed by atoms with Gasteiger partial charge in [-0.2, -0.15) is 0 Å². The van der Waals surface area contributed by atoms with Crippen LogP contribution in [-0.2, 0) is 0 Å². The highest BCUT2D eigenvalue weighted by molar-refractivity contribution is 6.30. The molecule has 0 bridgehead atoms. The Morgan fingerprint density at radius 1 is 1.41 bits per heavy atom. The Kier molecular flexibility index (Phi) is 4.19. The van der Waals surface area contributed by atoms with E-state index in [0.29, 0.717) is 17.4 Å². The average Bonchev–Trinajstić information content (AvgIpc) is 2.29. The van der Waals surface area contributed by atoms with Gasteiger partial charge in [-0.05, 0) is 56.6 Å². The van der Waals surface area contributed by atoms with Gasteiger partial charge in [-0.1, -0.05) is 11.6 Å². The van der Waals surface area contributed by atoms with Crippen molar-refractivity contribution in [3.05, 3.63) is 34.9 Å². The van der Waals surface area contributed by atoms with E-state index in [1.165, 1.54) is 12.8 Å². The van der Waals surface area contributed by atoms with Gasteiger partial charge in [0.15, 0.2) is 5.78 Å². The normalized spacial score (nSPS) is 21.4. The minimum absolute atomic E-state index is 0.238. The number of rotatable bonds is 3. The molecule has 1 aromatic rings. The van der Waals surface area contributed by atoms with Crippen LogP contribution in [0.5, 0.6) is 0 Å². The van der Waals surface area contributed by atoms with Crippen LogP contribution in [-0.4, -0.2) is 30.8 Å². The first-order valence-corrected chi connectivity index (χ1v) is 6.50. The minimum atomic E-state index is 0.238. The molecule has 1 heterocycles. The van der Waals surface area contributed by atoms with E-state index in [2.05, 4.69) is 11.9 Å². The molecule has 0 radical (unpaired) electrons. The summed E-state index contributed by atoms with van der Waals surface area (Å²) in [6, 6.07) is 7.19. The number of carbonyl (C=O) groups excluding carboxylic acids is 1. The Morgan fingerprint density at radius 3 is 2.76 bits per heavy atom. The Morgan fingerprint density at radius 2 is 2.12 bits per heavy atom. The van der Waals surface area contributed by atoms with Gasteiger partial charge in [-0.25, -0.2) is 0 Å². The first-order valence-electron chi connectivity index (χ1n) is 6.12. The smallest absolute Gasteiger partial charge is 0.163 e. The number of ketones is 1. The van der Waals surface area contributed by atoms with Crippen molar-refractivity contribution in [3.63, 3.8) is 0 Å². The van der Waals surface area contributed by atoms with Crippen LogP contribution in [0.15, 0.2) is 24.3 Å². The van der Waals surface area contributed by atoms with Crippen LogP contribution in [0.1, 0.15) is 29.6 Å².